The fourth-order valence-corrected chi connectivity index (χ4v) is 1.22. The van der Waals surface area contributed by atoms with Crippen molar-refractivity contribution in [1.82, 2.24) is 10.2 Å². The molecular formula is C12H17N2O. The van der Waals surface area contributed by atoms with E-state index in [4.69, 9.17) is 0 Å². The molecule has 0 aliphatic rings. The highest BCUT2D eigenvalue weighted by Gasteiger charge is 2.02. The summed E-state index contributed by atoms with van der Waals surface area (Å²) in [5.41, 5.74) is 2.38. The number of benzene rings is 1. The molecule has 0 spiro atoms. The van der Waals surface area contributed by atoms with Crippen molar-refractivity contribution in [2.75, 3.05) is 20.6 Å². The molecule has 1 aromatic rings. The lowest BCUT2D eigenvalue weighted by Gasteiger charge is -2.12. The Morgan fingerprint density at radius 3 is 2.67 bits per heavy atom. The summed E-state index contributed by atoms with van der Waals surface area (Å²) < 4.78 is 0. The fourth-order valence-electron chi connectivity index (χ4n) is 1.22. The lowest BCUT2D eigenvalue weighted by molar-refractivity contribution is 0.218. The number of nitrogens with zero attached hydrogens (tertiary/aromatic N) is 1. The summed E-state index contributed by atoms with van der Waals surface area (Å²) in [5.74, 6) is 0. The number of nitrogens with one attached hydrogen (secondary N) is 1. The minimum Gasteiger partial charge on any atom is -0.337 e. The van der Waals surface area contributed by atoms with Gasteiger partial charge in [-0.2, -0.15) is 0 Å². The average molecular weight is 205 g/mol. The van der Waals surface area contributed by atoms with Crippen LogP contribution in [-0.2, 0) is 0 Å². The minimum atomic E-state index is -0.0696. The Labute approximate surface area is 91.1 Å². The first kappa shape index (κ1) is 11.6. The normalized spacial score (nSPS) is 9.80. The predicted molar refractivity (Wildman–Crippen MR) is 61.7 cm³/mol. The third kappa shape index (κ3) is 3.62. The van der Waals surface area contributed by atoms with Crippen LogP contribution in [0.5, 0.6) is 0 Å². The number of carbonyl (C=O) groups is 1. The molecular weight excluding hydrogens is 188 g/mol. The Morgan fingerprint density at radius 2 is 2.07 bits per heavy atom. The summed E-state index contributed by atoms with van der Waals surface area (Å²) in [6.45, 7) is 2.61. The van der Waals surface area contributed by atoms with E-state index < -0.39 is 0 Å². The van der Waals surface area contributed by atoms with E-state index in [0.29, 0.717) is 6.54 Å². The van der Waals surface area contributed by atoms with Crippen LogP contribution >= 0.6 is 0 Å². The van der Waals surface area contributed by atoms with Gasteiger partial charge in [0.2, 0.25) is 0 Å². The largest absolute Gasteiger partial charge is 0.337 e. The number of amides is 2. The fraction of sp³-hybridized carbons (Fsp3) is 0.333. The third-order valence-corrected chi connectivity index (χ3v) is 2.17. The van der Waals surface area contributed by atoms with Crippen LogP contribution in [-0.4, -0.2) is 31.6 Å². The zero-order valence-electron chi connectivity index (χ0n) is 9.45. The van der Waals surface area contributed by atoms with Crippen LogP contribution in [0.25, 0.3) is 0 Å². The summed E-state index contributed by atoms with van der Waals surface area (Å²) in [6, 6.07) is 8.02. The summed E-state index contributed by atoms with van der Waals surface area (Å²) >= 11 is 0. The van der Waals surface area contributed by atoms with E-state index in [1.54, 1.807) is 14.1 Å². The van der Waals surface area contributed by atoms with E-state index in [0.717, 1.165) is 5.56 Å². The average Bonchev–Trinajstić information content (AvgIpc) is 2.20. The van der Waals surface area contributed by atoms with Crippen LogP contribution in [0, 0.1) is 13.3 Å². The summed E-state index contributed by atoms with van der Waals surface area (Å²) in [6.07, 6.45) is 2.01. The smallest absolute Gasteiger partial charge is 0.316 e. The predicted octanol–water partition coefficient (Wildman–Crippen LogP) is 1.82. The van der Waals surface area contributed by atoms with Crippen LogP contribution in [0.2, 0.25) is 0 Å². The van der Waals surface area contributed by atoms with Crippen LogP contribution < -0.4 is 5.32 Å². The van der Waals surface area contributed by atoms with Gasteiger partial charge in [-0.1, -0.05) is 24.3 Å². The molecule has 81 valence electrons. The number of hydrogen-bond acceptors (Lipinski definition) is 1. The molecule has 1 radical (unpaired) electrons. The van der Waals surface area contributed by atoms with Crippen LogP contribution in [0.15, 0.2) is 24.3 Å². The van der Waals surface area contributed by atoms with E-state index >= 15 is 0 Å². The van der Waals surface area contributed by atoms with Crippen LogP contribution in [0.3, 0.4) is 0 Å². The first-order valence-corrected chi connectivity index (χ1v) is 4.95. The van der Waals surface area contributed by atoms with Gasteiger partial charge in [-0.05, 0) is 18.1 Å². The van der Waals surface area contributed by atoms with Crippen molar-refractivity contribution >= 4 is 6.03 Å². The van der Waals surface area contributed by atoms with E-state index in [2.05, 4.69) is 18.3 Å². The van der Waals surface area contributed by atoms with Crippen molar-refractivity contribution in [2.45, 2.75) is 6.92 Å². The first-order valence-electron chi connectivity index (χ1n) is 4.95. The van der Waals surface area contributed by atoms with Gasteiger partial charge in [0.1, 0.15) is 0 Å². The molecule has 0 atom stereocenters. The molecule has 1 N–H and O–H groups in total. The van der Waals surface area contributed by atoms with Crippen LogP contribution in [0.4, 0.5) is 4.79 Å². The highest BCUT2D eigenvalue weighted by molar-refractivity contribution is 5.73. The molecule has 0 aromatic heterocycles. The van der Waals surface area contributed by atoms with Crippen molar-refractivity contribution in [2.24, 2.45) is 0 Å². The molecule has 1 aromatic carbocycles. The molecule has 0 saturated heterocycles. The molecule has 0 fully saturated rings. The Hall–Kier alpha value is -1.51. The Bertz CT molecular complexity index is 334. The number of hydrogen-bond donors (Lipinski definition) is 1. The van der Waals surface area contributed by atoms with Gasteiger partial charge in [-0.3, -0.25) is 0 Å². The second-order valence-electron chi connectivity index (χ2n) is 3.64. The molecule has 0 bridgehead atoms. The molecule has 0 saturated carbocycles. The van der Waals surface area contributed by atoms with Crippen molar-refractivity contribution in [3.63, 3.8) is 0 Å². The van der Waals surface area contributed by atoms with Crippen molar-refractivity contribution < 1.29 is 4.79 Å². The van der Waals surface area contributed by atoms with E-state index in [1.807, 2.05) is 24.6 Å². The Morgan fingerprint density at radius 1 is 1.40 bits per heavy atom. The van der Waals surface area contributed by atoms with Gasteiger partial charge in [0.15, 0.2) is 0 Å². The summed E-state index contributed by atoms with van der Waals surface area (Å²) in [5, 5.41) is 2.79. The van der Waals surface area contributed by atoms with Crippen molar-refractivity contribution in [3.8, 4) is 0 Å². The van der Waals surface area contributed by atoms with Gasteiger partial charge in [-0.15, -0.1) is 0 Å². The maximum atomic E-state index is 11.2. The van der Waals surface area contributed by atoms with Gasteiger partial charge in [0.25, 0.3) is 0 Å². The molecule has 15 heavy (non-hydrogen) atoms. The van der Waals surface area contributed by atoms with Crippen molar-refractivity contribution in [3.05, 3.63) is 41.8 Å². The second-order valence-corrected chi connectivity index (χ2v) is 3.64. The number of aryl methyl sites for hydroxylation is 1. The van der Waals surface area contributed by atoms with E-state index in [9.17, 15) is 4.79 Å². The van der Waals surface area contributed by atoms with Gasteiger partial charge in [-0.25, -0.2) is 4.79 Å². The van der Waals surface area contributed by atoms with Gasteiger partial charge < -0.3 is 10.2 Å². The first-order chi connectivity index (χ1) is 7.11. The lowest BCUT2D eigenvalue weighted by atomic mass is 10.1. The molecule has 2 amide bonds. The minimum absolute atomic E-state index is 0.0696. The quantitative estimate of drug-likeness (QED) is 0.802. The molecule has 3 nitrogen and oxygen atoms in total. The number of carbonyl (C=O) groups excluding carboxylic acids is 1. The Balaban J connectivity index is 2.38. The molecule has 0 aliphatic heterocycles. The van der Waals surface area contributed by atoms with Gasteiger partial charge >= 0.3 is 6.03 Å². The highest BCUT2D eigenvalue weighted by Crippen LogP contribution is 2.08. The summed E-state index contributed by atoms with van der Waals surface area (Å²) in [7, 11) is 3.45. The third-order valence-electron chi connectivity index (χ3n) is 2.17. The maximum Gasteiger partial charge on any atom is 0.316 e. The molecule has 0 heterocycles. The topological polar surface area (TPSA) is 32.3 Å². The molecule has 1 rings (SSSR count). The van der Waals surface area contributed by atoms with E-state index in [-0.39, 0.29) is 6.03 Å². The monoisotopic (exact) mass is 205 g/mol. The van der Waals surface area contributed by atoms with Gasteiger partial charge in [0.05, 0.1) is 0 Å². The number of urea groups is 1. The Kier molecular flexibility index (Phi) is 4.16. The van der Waals surface area contributed by atoms with Gasteiger partial charge in [0, 0.05) is 27.1 Å². The standard InChI is InChI=1S/C12H17N2O/c1-10-6-4-5-7-11(10)8-9-13-12(15)14(2)3/h4-8H,9H2,1-3H3,(H,13,15). The highest BCUT2D eigenvalue weighted by atomic mass is 16.2. The molecule has 0 aliphatic carbocycles. The SMILES string of the molecule is Cc1ccccc1[CH]CNC(=O)N(C)C. The lowest BCUT2D eigenvalue weighted by Crippen LogP contribution is -2.35. The number of rotatable bonds is 3. The van der Waals surface area contributed by atoms with E-state index in [1.165, 1.54) is 10.5 Å². The van der Waals surface area contributed by atoms with Crippen LogP contribution in [0.1, 0.15) is 11.1 Å². The zero-order valence-corrected chi connectivity index (χ0v) is 9.45. The maximum absolute atomic E-state index is 11.2. The zero-order chi connectivity index (χ0) is 11.3. The summed E-state index contributed by atoms with van der Waals surface area (Å²) in [4.78, 5) is 12.7. The van der Waals surface area contributed by atoms with Crippen molar-refractivity contribution in [1.29, 1.82) is 0 Å². The second kappa shape index (κ2) is 5.39. The molecule has 3 heteroatoms. The molecule has 0 unspecified atom stereocenters.